The molecule has 0 saturated carbocycles. The molecule has 0 saturated heterocycles. The van der Waals surface area contributed by atoms with Gasteiger partial charge >= 0.3 is 5.97 Å². The Morgan fingerprint density at radius 1 is 1.58 bits per heavy atom. The van der Waals surface area contributed by atoms with E-state index in [1.54, 1.807) is 12.1 Å². The number of pyridine rings is 1. The third-order valence-corrected chi connectivity index (χ3v) is 1.45. The molecule has 12 heavy (non-hydrogen) atoms. The highest BCUT2D eigenvalue weighted by Crippen LogP contribution is 2.00. The van der Waals surface area contributed by atoms with E-state index in [0.29, 0.717) is 12.1 Å². The van der Waals surface area contributed by atoms with E-state index in [1.807, 2.05) is 0 Å². The lowest BCUT2D eigenvalue weighted by atomic mass is 10.2. The monoisotopic (exact) mass is 166 g/mol. The van der Waals surface area contributed by atoms with Crippen LogP contribution in [0.2, 0.25) is 0 Å². The van der Waals surface area contributed by atoms with Gasteiger partial charge < -0.3 is 10.8 Å². The average molecular weight is 166 g/mol. The third kappa shape index (κ3) is 2.32. The smallest absolute Gasteiger partial charge is 0.307 e. The standard InChI is InChI=1S/C8H10N2O2/c9-4-7-2-1-6(5-10-7)3-8(11)12/h1-2,5H,3-4,9H2,(H,11,12). The molecule has 0 spiro atoms. The van der Waals surface area contributed by atoms with E-state index in [9.17, 15) is 4.79 Å². The van der Waals surface area contributed by atoms with Crippen LogP contribution in [-0.2, 0) is 17.8 Å². The number of hydrogen-bond acceptors (Lipinski definition) is 3. The van der Waals surface area contributed by atoms with Crippen molar-refractivity contribution in [3.63, 3.8) is 0 Å². The summed E-state index contributed by atoms with van der Waals surface area (Å²) in [5.41, 5.74) is 6.78. The fourth-order valence-corrected chi connectivity index (χ4v) is 0.855. The Labute approximate surface area is 70.0 Å². The lowest BCUT2D eigenvalue weighted by molar-refractivity contribution is -0.136. The highest BCUT2D eigenvalue weighted by atomic mass is 16.4. The van der Waals surface area contributed by atoms with E-state index >= 15 is 0 Å². The maximum absolute atomic E-state index is 10.3. The van der Waals surface area contributed by atoms with Crippen molar-refractivity contribution >= 4 is 5.97 Å². The molecule has 0 unspecified atom stereocenters. The van der Waals surface area contributed by atoms with Gasteiger partial charge in [0.1, 0.15) is 0 Å². The van der Waals surface area contributed by atoms with Gasteiger partial charge in [-0.1, -0.05) is 6.07 Å². The second-order valence-electron chi connectivity index (χ2n) is 2.43. The van der Waals surface area contributed by atoms with E-state index in [4.69, 9.17) is 10.8 Å². The summed E-state index contributed by atoms with van der Waals surface area (Å²) in [7, 11) is 0. The van der Waals surface area contributed by atoms with E-state index in [0.717, 1.165) is 5.69 Å². The van der Waals surface area contributed by atoms with Gasteiger partial charge in [-0.25, -0.2) is 0 Å². The Morgan fingerprint density at radius 3 is 2.75 bits per heavy atom. The second kappa shape index (κ2) is 3.82. The van der Waals surface area contributed by atoms with Crippen molar-refractivity contribution in [2.75, 3.05) is 0 Å². The highest BCUT2D eigenvalue weighted by molar-refractivity contribution is 5.69. The number of nitrogens with two attached hydrogens (primary N) is 1. The van der Waals surface area contributed by atoms with Gasteiger partial charge in [-0.3, -0.25) is 9.78 Å². The SMILES string of the molecule is NCc1ccc(CC(=O)O)cn1. The Kier molecular flexibility index (Phi) is 2.76. The molecule has 0 aromatic carbocycles. The van der Waals surface area contributed by atoms with Gasteiger partial charge in [0.15, 0.2) is 0 Å². The molecule has 0 radical (unpaired) electrons. The number of nitrogens with zero attached hydrogens (tertiary/aromatic N) is 1. The minimum absolute atomic E-state index is 0.0118. The molecule has 1 rings (SSSR count). The molecule has 4 heteroatoms. The first-order chi connectivity index (χ1) is 5.72. The molecule has 0 atom stereocenters. The molecule has 1 aromatic rings. The van der Waals surface area contributed by atoms with Crippen molar-refractivity contribution in [1.29, 1.82) is 0 Å². The summed E-state index contributed by atoms with van der Waals surface area (Å²) < 4.78 is 0. The number of carboxylic acids is 1. The van der Waals surface area contributed by atoms with Crippen LogP contribution >= 0.6 is 0 Å². The van der Waals surface area contributed by atoms with E-state index < -0.39 is 5.97 Å². The van der Waals surface area contributed by atoms with Crippen molar-refractivity contribution in [3.05, 3.63) is 29.6 Å². The zero-order valence-corrected chi connectivity index (χ0v) is 6.53. The zero-order valence-electron chi connectivity index (χ0n) is 6.53. The van der Waals surface area contributed by atoms with Gasteiger partial charge in [-0.05, 0) is 11.6 Å². The molecular formula is C8H10N2O2. The highest BCUT2D eigenvalue weighted by Gasteiger charge is 1.99. The molecule has 3 N–H and O–H groups in total. The van der Waals surface area contributed by atoms with Crippen LogP contribution in [-0.4, -0.2) is 16.1 Å². The van der Waals surface area contributed by atoms with Gasteiger partial charge in [-0.15, -0.1) is 0 Å². The molecule has 0 aliphatic heterocycles. The molecule has 0 aliphatic carbocycles. The average Bonchev–Trinajstić information content (AvgIpc) is 2.05. The Balaban J connectivity index is 2.71. The Bertz CT molecular complexity index is 269. The van der Waals surface area contributed by atoms with Crippen LogP contribution in [0.1, 0.15) is 11.3 Å². The van der Waals surface area contributed by atoms with Crippen molar-refractivity contribution in [2.24, 2.45) is 5.73 Å². The Hall–Kier alpha value is -1.42. The van der Waals surface area contributed by atoms with Crippen LogP contribution in [0.15, 0.2) is 18.3 Å². The number of hydrogen-bond donors (Lipinski definition) is 2. The van der Waals surface area contributed by atoms with Crippen LogP contribution in [0.4, 0.5) is 0 Å². The molecule has 0 amide bonds. The fourth-order valence-electron chi connectivity index (χ4n) is 0.855. The summed E-state index contributed by atoms with van der Waals surface area (Å²) in [4.78, 5) is 14.2. The van der Waals surface area contributed by atoms with Crippen LogP contribution in [0.5, 0.6) is 0 Å². The lowest BCUT2D eigenvalue weighted by Crippen LogP contribution is -2.03. The van der Waals surface area contributed by atoms with E-state index in [1.165, 1.54) is 6.20 Å². The predicted molar refractivity (Wildman–Crippen MR) is 43.5 cm³/mol. The van der Waals surface area contributed by atoms with Crippen molar-refractivity contribution in [2.45, 2.75) is 13.0 Å². The van der Waals surface area contributed by atoms with Gasteiger partial charge in [0.25, 0.3) is 0 Å². The maximum atomic E-state index is 10.3. The van der Waals surface area contributed by atoms with Crippen LogP contribution < -0.4 is 5.73 Å². The van der Waals surface area contributed by atoms with Gasteiger partial charge in [0, 0.05) is 12.7 Å². The van der Waals surface area contributed by atoms with E-state index in [2.05, 4.69) is 4.98 Å². The quantitative estimate of drug-likeness (QED) is 0.671. The van der Waals surface area contributed by atoms with Crippen LogP contribution in [0, 0.1) is 0 Å². The van der Waals surface area contributed by atoms with Crippen molar-refractivity contribution in [3.8, 4) is 0 Å². The predicted octanol–water partition coefficient (Wildman–Crippen LogP) is 0.167. The number of carboxylic acid groups (broad SMARTS) is 1. The lowest BCUT2D eigenvalue weighted by Gasteiger charge is -1.97. The summed E-state index contributed by atoms with van der Waals surface area (Å²) >= 11 is 0. The number of aliphatic carboxylic acids is 1. The largest absolute Gasteiger partial charge is 0.481 e. The molecule has 4 nitrogen and oxygen atoms in total. The summed E-state index contributed by atoms with van der Waals surface area (Å²) in [6.07, 6.45) is 1.55. The minimum Gasteiger partial charge on any atom is -0.481 e. The van der Waals surface area contributed by atoms with Crippen molar-refractivity contribution in [1.82, 2.24) is 4.98 Å². The molecular weight excluding hydrogens is 156 g/mol. The molecule has 1 heterocycles. The summed E-state index contributed by atoms with van der Waals surface area (Å²) in [6, 6.07) is 3.46. The normalized spacial score (nSPS) is 9.75. The first-order valence-corrected chi connectivity index (χ1v) is 3.58. The van der Waals surface area contributed by atoms with Crippen LogP contribution in [0.25, 0.3) is 0 Å². The number of carbonyl (C=O) groups is 1. The molecule has 0 fully saturated rings. The fraction of sp³-hybridized carbons (Fsp3) is 0.250. The minimum atomic E-state index is -0.850. The summed E-state index contributed by atoms with van der Waals surface area (Å²) in [5, 5.41) is 8.44. The number of rotatable bonds is 3. The maximum Gasteiger partial charge on any atom is 0.307 e. The zero-order chi connectivity index (χ0) is 8.97. The topological polar surface area (TPSA) is 76.2 Å². The second-order valence-corrected chi connectivity index (χ2v) is 2.43. The third-order valence-electron chi connectivity index (χ3n) is 1.45. The van der Waals surface area contributed by atoms with Crippen LogP contribution in [0.3, 0.4) is 0 Å². The molecule has 0 aliphatic rings. The molecule has 0 bridgehead atoms. The van der Waals surface area contributed by atoms with Crippen molar-refractivity contribution < 1.29 is 9.90 Å². The molecule has 64 valence electrons. The summed E-state index contributed by atoms with van der Waals surface area (Å²) in [6.45, 7) is 0.382. The first kappa shape index (κ1) is 8.67. The Morgan fingerprint density at radius 2 is 2.33 bits per heavy atom. The van der Waals surface area contributed by atoms with Gasteiger partial charge in [0.2, 0.25) is 0 Å². The van der Waals surface area contributed by atoms with Gasteiger partial charge in [0.05, 0.1) is 12.1 Å². The summed E-state index contributed by atoms with van der Waals surface area (Å²) in [5.74, 6) is -0.850. The first-order valence-electron chi connectivity index (χ1n) is 3.58. The molecule has 1 aromatic heterocycles. The van der Waals surface area contributed by atoms with Gasteiger partial charge in [-0.2, -0.15) is 0 Å². The number of aromatic nitrogens is 1. The van der Waals surface area contributed by atoms with E-state index in [-0.39, 0.29) is 6.42 Å².